The van der Waals surface area contributed by atoms with Crippen LogP contribution in [-0.4, -0.2) is 29.1 Å². The summed E-state index contributed by atoms with van der Waals surface area (Å²) in [6, 6.07) is 6.17. The number of aliphatic hydroxyl groups excluding tert-OH is 1. The van der Waals surface area contributed by atoms with Crippen LogP contribution in [0.4, 0.5) is 4.39 Å². The quantitative estimate of drug-likeness (QED) is 0.887. The number of fused-ring (bicyclic) bond motifs is 2. The van der Waals surface area contributed by atoms with E-state index >= 15 is 0 Å². The standard InChI is InChI=1S/C16H18FNO2/c1-2-13(19)15-12(9-3-5-10(17)6-4-9)7-11-8-14(20)16(15)18-11/h3-6,11,14,16,18,20H,2,7-8H2,1H3/t11?,14?,16-/m1/s1. The number of hydrogen-bond acceptors (Lipinski definition) is 3. The van der Waals surface area contributed by atoms with E-state index in [-0.39, 0.29) is 23.7 Å². The van der Waals surface area contributed by atoms with E-state index in [1.807, 2.05) is 6.92 Å². The summed E-state index contributed by atoms with van der Waals surface area (Å²) in [5.41, 5.74) is 2.52. The van der Waals surface area contributed by atoms with Crippen LogP contribution in [0.3, 0.4) is 0 Å². The van der Waals surface area contributed by atoms with E-state index in [0.29, 0.717) is 24.8 Å². The molecule has 2 N–H and O–H groups in total. The largest absolute Gasteiger partial charge is 0.391 e. The van der Waals surface area contributed by atoms with Crippen molar-refractivity contribution in [1.82, 2.24) is 5.32 Å². The minimum Gasteiger partial charge on any atom is -0.391 e. The first-order valence-corrected chi connectivity index (χ1v) is 7.06. The molecule has 4 heteroatoms. The Kier molecular flexibility index (Phi) is 3.44. The van der Waals surface area contributed by atoms with Gasteiger partial charge in [0.2, 0.25) is 0 Å². The minimum atomic E-state index is -0.511. The molecule has 0 amide bonds. The van der Waals surface area contributed by atoms with Crippen LogP contribution in [-0.2, 0) is 4.79 Å². The van der Waals surface area contributed by atoms with Crippen LogP contribution in [0.5, 0.6) is 0 Å². The first kappa shape index (κ1) is 13.5. The zero-order valence-corrected chi connectivity index (χ0v) is 11.4. The second-order valence-electron chi connectivity index (χ2n) is 5.52. The summed E-state index contributed by atoms with van der Waals surface area (Å²) in [4.78, 5) is 12.3. The number of carbonyl (C=O) groups excluding carboxylic acids is 1. The Bertz CT molecular complexity index is 564. The van der Waals surface area contributed by atoms with Gasteiger partial charge in [-0.2, -0.15) is 0 Å². The summed E-state index contributed by atoms with van der Waals surface area (Å²) in [6.45, 7) is 1.82. The molecule has 3 nitrogen and oxygen atoms in total. The van der Waals surface area contributed by atoms with Gasteiger partial charge in [-0.05, 0) is 36.1 Å². The van der Waals surface area contributed by atoms with E-state index in [4.69, 9.17) is 0 Å². The molecule has 3 atom stereocenters. The molecule has 2 bridgehead atoms. The lowest BCUT2D eigenvalue weighted by atomic mass is 9.86. The lowest BCUT2D eigenvalue weighted by Crippen LogP contribution is -2.41. The van der Waals surface area contributed by atoms with Crippen molar-refractivity contribution < 1.29 is 14.3 Å². The van der Waals surface area contributed by atoms with Gasteiger partial charge in [-0.25, -0.2) is 4.39 Å². The average Bonchev–Trinajstić information content (AvgIpc) is 2.74. The Labute approximate surface area is 117 Å². The molecule has 1 saturated heterocycles. The number of carbonyl (C=O) groups is 1. The molecule has 0 aromatic heterocycles. The fourth-order valence-electron chi connectivity index (χ4n) is 3.28. The van der Waals surface area contributed by atoms with Gasteiger partial charge in [-0.15, -0.1) is 0 Å². The van der Waals surface area contributed by atoms with E-state index in [2.05, 4.69) is 5.32 Å². The SMILES string of the molecule is CCC(=O)C1=C(c2ccc(F)cc2)CC2CC(O)[C@H]1N2. The minimum absolute atomic E-state index is 0.0567. The summed E-state index contributed by atoms with van der Waals surface area (Å²) in [6.07, 6.45) is 1.27. The molecule has 1 aromatic rings. The molecule has 20 heavy (non-hydrogen) atoms. The monoisotopic (exact) mass is 275 g/mol. The zero-order valence-electron chi connectivity index (χ0n) is 11.4. The van der Waals surface area contributed by atoms with Gasteiger partial charge in [0, 0.05) is 18.0 Å². The first-order chi connectivity index (χ1) is 9.60. The van der Waals surface area contributed by atoms with Crippen LogP contribution in [0.1, 0.15) is 31.7 Å². The van der Waals surface area contributed by atoms with E-state index in [9.17, 15) is 14.3 Å². The lowest BCUT2D eigenvalue weighted by Gasteiger charge is -2.28. The third-order valence-electron chi connectivity index (χ3n) is 4.23. The summed E-state index contributed by atoms with van der Waals surface area (Å²) >= 11 is 0. The van der Waals surface area contributed by atoms with Crippen LogP contribution < -0.4 is 5.32 Å². The highest BCUT2D eigenvalue weighted by atomic mass is 19.1. The van der Waals surface area contributed by atoms with Crippen LogP contribution >= 0.6 is 0 Å². The summed E-state index contributed by atoms with van der Waals surface area (Å²) < 4.78 is 13.1. The summed E-state index contributed by atoms with van der Waals surface area (Å²) in [5, 5.41) is 13.4. The molecule has 1 aromatic carbocycles. The second-order valence-corrected chi connectivity index (χ2v) is 5.52. The zero-order chi connectivity index (χ0) is 14.3. The predicted octanol–water partition coefficient (Wildman–Crippen LogP) is 2.05. The molecule has 0 radical (unpaired) electrons. The van der Waals surface area contributed by atoms with Crippen LogP contribution in [0, 0.1) is 5.82 Å². The van der Waals surface area contributed by atoms with Crippen molar-refractivity contribution in [1.29, 1.82) is 0 Å². The van der Waals surface area contributed by atoms with Crippen LogP contribution in [0.25, 0.3) is 5.57 Å². The topological polar surface area (TPSA) is 49.3 Å². The normalized spacial score (nSPS) is 28.9. The third kappa shape index (κ3) is 2.19. The van der Waals surface area contributed by atoms with Crippen molar-refractivity contribution in [2.75, 3.05) is 0 Å². The molecule has 2 aliphatic heterocycles. The number of ketones is 1. The number of nitrogens with one attached hydrogen (secondary N) is 1. The molecular weight excluding hydrogens is 257 g/mol. The smallest absolute Gasteiger partial charge is 0.160 e. The Balaban J connectivity index is 2.09. The highest BCUT2D eigenvalue weighted by Crippen LogP contribution is 2.38. The summed E-state index contributed by atoms with van der Waals surface area (Å²) in [5.74, 6) is -0.226. The maximum atomic E-state index is 13.1. The van der Waals surface area contributed by atoms with E-state index in [1.54, 1.807) is 12.1 Å². The van der Waals surface area contributed by atoms with Gasteiger partial charge in [0.05, 0.1) is 12.1 Å². The fourth-order valence-corrected chi connectivity index (χ4v) is 3.28. The Morgan fingerprint density at radius 3 is 2.75 bits per heavy atom. The fraction of sp³-hybridized carbons (Fsp3) is 0.438. The van der Waals surface area contributed by atoms with Crippen molar-refractivity contribution >= 4 is 11.4 Å². The molecule has 0 saturated carbocycles. The molecule has 2 unspecified atom stereocenters. The Hall–Kier alpha value is -1.52. The van der Waals surface area contributed by atoms with Crippen molar-refractivity contribution in [2.45, 2.75) is 44.4 Å². The van der Waals surface area contributed by atoms with Gasteiger partial charge >= 0.3 is 0 Å². The molecule has 106 valence electrons. The van der Waals surface area contributed by atoms with Gasteiger partial charge in [0.15, 0.2) is 5.78 Å². The number of aliphatic hydroxyl groups is 1. The van der Waals surface area contributed by atoms with Gasteiger partial charge < -0.3 is 10.4 Å². The first-order valence-electron chi connectivity index (χ1n) is 7.06. The molecule has 3 rings (SSSR count). The summed E-state index contributed by atoms with van der Waals surface area (Å²) in [7, 11) is 0. The number of hydrogen-bond donors (Lipinski definition) is 2. The molecule has 0 aliphatic carbocycles. The molecule has 2 aliphatic rings. The number of halogens is 1. The second kappa shape index (κ2) is 5.11. The highest BCUT2D eigenvalue weighted by molar-refractivity contribution is 6.04. The third-order valence-corrected chi connectivity index (χ3v) is 4.23. The van der Waals surface area contributed by atoms with Gasteiger partial charge in [-0.1, -0.05) is 19.1 Å². The van der Waals surface area contributed by atoms with Crippen LogP contribution in [0.15, 0.2) is 29.8 Å². The van der Waals surface area contributed by atoms with E-state index in [0.717, 1.165) is 11.1 Å². The molecule has 1 fully saturated rings. The van der Waals surface area contributed by atoms with Crippen molar-refractivity contribution in [3.63, 3.8) is 0 Å². The number of benzene rings is 1. The van der Waals surface area contributed by atoms with E-state index in [1.165, 1.54) is 12.1 Å². The molecular formula is C16H18FNO2. The van der Waals surface area contributed by atoms with Gasteiger partial charge in [0.1, 0.15) is 5.82 Å². The maximum absolute atomic E-state index is 13.1. The van der Waals surface area contributed by atoms with Crippen molar-refractivity contribution in [3.8, 4) is 0 Å². The number of rotatable bonds is 3. The Morgan fingerprint density at radius 1 is 1.40 bits per heavy atom. The molecule has 0 spiro atoms. The lowest BCUT2D eigenvalue weighted by molar-refractivity contribution is -0.115. The van der Waals surface area contributed by atoms with Crippen LogP contribution in [0.2, 0.25) is 0 Å². The highest BCUT2D eigenvalue weighted by Gasteiger charge is 2.42. The van der Waals surface area contributed by atoms with Crippen molar-refractivity contribution in [2.24, 2.45) is 0 Å². The van der Waals surface area contributed by atoms with Gasteiger partial charge in [0.25, 0.3) is 0 Å². The Morgan fingerprint density at radius 2 is 2.10 bits per heavy atom. The molecule has 2 heterocycles. The average molecular weight is 275 g/mol. The maximum Gasteiger partial charge on any atom is 0.160 e. The van der Waals surface area contributed by atoms with E-state index < -0.39 is 6.10 Å². The van der Waals surface area contributed by atoms with Crippen molar-refractivity contribution in [3.05, 3.63) is 41.2 Å². The van der Waals surface area contributed by atoms with Gasteiger partial charge in [-0.3, -0.25) is 4.79 Å². The number of Topliss-reactive ketones (excluding diaryl/α,β-unsaturated/α-hetero) is 1. The predicted molar refractivity (Wildman–Crippen MR) is 74.6 cm³/mol.